The van der Waals surface area contributed by atoms with Crippen LogP contribution in [-0.2, 0) is 4.57 Å². The lowest BCUT2D eigenvalue weighted by atomic mass is 10.3. The highest BCUT2D eigenvalue weighted by molar-refractivity contribution is 8.05. The van der Waals surface area contributed by atoms with Crippen molar-refractivity contribution in [2.24, 2.45) is 0 Å². The Morgan fingerprint density at radius 2 is 2.28 bits per heavy atom. The molecule has 18 heavy (non-hydrogen) atoms. The van der Waals surface area contributed by atoms with Crippen molar-refractivity contribution in [2.45, 2.75) is 10.1 Å². The van der Waals surface area contributed by atoms with Gasteiger partial charge in [0.1, 0.15) is 0 Å². The van der Waals surface area contributed by atoms with Crippen LogP contribution in [0.5, 0.6) is 0 Å². The summed E-state index contributed by atoms with van der Waals surface area (Å²) in [6.45, 7) is 0. The molecule has 8 heteroatoms. The number of H-pyrrole nitrogens is 1. The Labute approximate surface area is 112 Å². The summed E-state index contributed by atoms with van der Waals surface area (Å²) in [5.74, 6) is 2.06. The molecule has 2 rings (SSSR count). The topological polar surface area (TPSA) is 86.2 Å². The normalized spacial score (nSPS) is 13.4. The molecule has 0 amide bonds. The second-order valence-electron chi connectivity index (χ2n) is 3.43. The van der Waals surface area contributed by atoms with Gasteiger partial charge in [0.15, 0.2) is 10.1 Å². The zero-order valence-corrected chi connectivity index (χ0v) is 11.3. The summed E-state index contributed by atoms with van der Waals surface area (Å²) in [7, 11) is -4.35. The average Bonchev–Trinajstić information content (AvgIpc) is 2.65. The average molecular weight is 303 g/mol. The van der Waals surface area contributed by atoms with Crippen LogP contribution in [0.25, 0.3) is 11.0 Å². The van der Waals surface area contributed by atoms with Crippen molar-refractivity contribution < 1.29 is 14.4 Å². The summed E-state index contributed by atoms with van der Waals surface area (Å²) in [4.78, 5) is 23.9. The van der Waals surface area contributed by atoms with Gasteiger partial charge in [-0.3, -0.25) is 4.57 Å². The Bertz CT molecular complexity index is 675. The maximum Gasteiger partial charge on any atom is 0.350 e. The van der Waals surface area contributed by atoms with Gasteiger partial charge in [0.2, 0.25) is 0 Å². The van der Waals surface area contributed by atoms with Gasteiger partial charge in [0.05, 0.1) is 11.0 Å². The third kappa shape index (κ3) is 2.89. The number of fused-ring (bicyclic) bond motifs is 1. The van der Waals surface area contributed by atoms with Crippen LogP contribution in [0.4, 0.5) is 0 Å². The highest BCUT2D eigenvalue weighted by atomic mass is 35.5. The summed E-state index contributed by atoms with van der Waals surface area (Å²) in [6.07, 6.45) is 5.10. The molecular weight excluding hydrogens is 295 g/mol. The van der Waals surface area contributed by atoms with Crippen LogP contribution in [-0.4, -0.2) is 24.7 Å². The molecule has 0 bridgehead atoms. The smallest absolute Gasteiger partial charge is 0.333 e. The fourth-order valence-corrected chi connectivity index (χ4v) is 3.13. The molecule has 0 radical (unpaired) electrons. The Hall–Kier alpha value is -0.960. The molecule has 94 valence electrons. The van der Waals surface area contributed by atoms with Gasteiger partial charge < -0.3 is 14.8 Å². The van der Waals surface area contributed by atoms with Gasteiger partial charge in [0.25, 0.3) is 0 Å². The summed E-state index contributed by atoms with van der Waals surface area (Å²) in [6, 6.07) is 5.07. The van der Waals surface area contributed by atoms with Gasteiger partial charge in [-0.1, -0.05) is 29.3 Å². The number of terminal acetylenes is 1. The predicted octanol–water partition coefficient (Wildman–Crippen LogP) is 2.45. The molecule has 0 saturated heterocycles. The minimum atomic E-state index is -4.35. The number of hydrogen-bond donors (Lipinski definition) is 3. The molecule has 1 aromatic heterocycles. The van der Waals surface area contributed by atoms with E-state index in [1.165, 1.54) is 0 Å². The van der Waals surface area contributed by atoms with Gasteiger partial charge in [0, 0.05) is 5.02 Å². The molecule has 5 nitrogen and oxygen atoms in total. The van der Waals surface area contributed by atoms with Crippen LogP contribution < -0.4 is 0 Å². The standard InChI is InChI=1S/C10H8ClN2O3PS/c1-2-9(17(14,15)16)18-10-12-7-4-3-6(11)5-8(7)13-10/h1,3-5,9H,(H,12,13)(H2,14,15,16). The fraction of sp³-hybridized carbons (Fsp3) is 0.100. The van der Waals surface area contributed by atoms with Crippen molar-refractivity contribution >= 4 is 42.0 Å². The first-order valence-electron chi connectivity index (χ1n) is 4.73. The monoisotopic (exact) mass is 302 g/mol. The molecule has 1 heterocycles. The zero-order valence-electron chi connectivity index (χ0n) is 8.87. The SMILES string of the molecule is C#CC(Sc1nc2ccc(Cl)cc2[nH]1)P(=O)(O)O. The van der Waals surface area contributed by atoms with Crippen LogP contribution in [0.1, 0.15) is 0 Å². The molecule has 0 aliphatic rings. The van der Waals surface area contributed by atoms with Crippen molar-refractivity contribution in [1.82, 2.24) is 9.97 Å². The van der Waals surface area contributed by atoms with E-state index in [0.717, 1.165) is 11.8 Å². The van der Waals surface area contributed by atoms with Crippen LogP contribution in [0.2, 0.25) is 5.02 Å². The van der Waals surface area contributed by atoms with E-state index in [2.05, 4.69) is 15.9 Å². The number of benzene rings is 1. The molecule has 1 unspecified atom stereocenters. The molecule has 1 atom stereocenters. The van der Waals surface area contributed by atoms with Crippen molar-refractivity contribution in [2.75, 3.05) is 0 Å². The number of rotatable bonds is 3. The first-order valence-corrected chi connectivity index (χ1v) is 7.67. The molecule has 0 aliphatic carbocycles. The first-order chi connectivity index (χ1) is 8.40. The minimum Gasteiger partial charge on any atom is -0.333 e. The van der Waals surface area contributed by atoms with Crippen LogP contribution in [0.15, 0.2) is 23.4 Å². The van der Waals surface area contributed by atoms with Crippen molar-refractivity contribution in [3.63, 3.8) is 0 Å². The van der Waals surface area contributed by atoms with Crippen molar-refractivity contribution in [3.8, 4) is 12.3 Å². The summed E-state index contributed by atoms with van der Waals surface area (Å²) in [5, 5.41) is 0.893. The number of thioether (sulfide) groups is 1. The Morgan fingerprint density at radius 3 is 2.89 bits per heavy atom. The maximum atomic E-state index is 11.1. The molecule has 1 aromatic carbocycles. The Balaban J connectivity index is 2.33. The van der Waals surface area contributed by atoms with Gasteiger partial charge in [-0.05, 0) is 18.2 Å². The summed E-state index contributed by atoms with van der Waals surface area (Å²) in [5.41, 5.74) is 1.34. The molecular formula is C10H8ClN2O3PS. The van der Waals surface area contributed by atoms with E-state index in [-0.39, 0.29) is 0 Å². The molecule has 2 aromatic rings. The number of imidazole rings is 1. The lowest BCUT2D eigenvalue weighted by Crippen LogP contribution is -2.00. The van der Waals surface area contributed by atoms with Crippen LogP contribution >= 0.6 is 31.0 Å². The van der Waals surface area contributed by atoms with E-state index in [1.807, 2.05) is 0 Å². The fourth-order valence-electron chi connectivity index (χ4n) is 1.32. The van der Waals surface area contributed by atoms with Crippen molar-refractivity contribution in [1.29, 1.82) is 0 Å². The number of aromatic amines is 1. The molecule has 0 saturated carbocycles. The predicted molar refractivity (Wildman–Crippen MR) is 71.6 cm³/mol. The molecule has 3 N–H and O–H groups in total. The number of aromatic nitrogens is 2. The maximum absolute atomic E-state index is 11.1. The third-order valence-electron chi connectivity index (χ3n) is 2.09. The summed E-state index contributed by atoms with van der Waals surface area (Å²) < 4.78 is 11.1. The van der Waals surface area contributed by atoms with E-state index in [0.29, 0.717) is 21.2 Å². The lowest BCUT2D eigenvalue weighted by Gasteiger charge is -2.09. The number of nitrogens with one attached hydrogen (secondary N) is 1. The van der Waals surface area contributed by atoms with E-state index in [4.69, 9.17) is 27.8 Å². The van der Waals surface area contributed by atoms with Crippen molar-refractivity contribution in [3.05, 3.63) is 23.2 Å². The second-order valence-corrected chi connectivity index (χ2v) is 7.00. The largest absolute Gasteiger partial charge is 0.350 e. The second kappa shape index (κ2) is 4.96. The minimum absolute atomic E-state index is 0.346. The first kappa shape index (κ1) is 13.5. The third-order valence-corrected chi connectivity index (χ3v) is 5.00. The van der Waals surface area contributed by atoms with E-state index < -0.39 is 12.6 Å². The van der Waals surface area contributed by atoms with E-state index in [9.17, 15) is 4.57 Å². The highest BCUT2D eigenvalue weighted by Gasteiger charge is 2.29. The Kier molecular flexibility index (Phi) is 3.71. The van der Waals surface area contributed by atoms with Crippen LogP contribution in [0.3, 0.4) is 0 Å². The quantitative estimate of drug-likeness (QED) is 0.460. The van der Waals surface area contributed by atoms with Gasteiger partial charge in [-0.2, -0.15) is 0 Å². The number of hydrogen-bond acceptors (Lipinski definition) is 3. The zero-order chi connectivity index (χ0) is 13.3. The van der Waals surface area contributed by atoms with Gasteiger partial charge >= 0.3 is 7.60 Å². The molecule has 0 spiro atoms. The van der Waals surface area contributed by atoms with E-state index >= 15 is 0 Å². The summed E-state index contributed by atoms with van der Waals surface area (Å²) >= 11 is 6.64. The van der Waals surface area contributed by atoms with Gasteiger partial charge in [-0.25, -0.2) is 4.98 Å². The lowest BCUT2D eigenvalue weighted by molar-refractivity contribution is 0.375. The number of nitrogens with zero attached hydrogens (tertiary/aromatic N) is 1. The van der Waals surface area contributed by atoms with Crippen LogP contribution in [0, 0.1) is 12.3 Å². The Morgan fingerprint density at radius 1 is 1.56 bits per heavy atom. The highest BCUT2D eigenvalue weighted by Crippen LogP contribution is 2.48. The van der Waals surface area contributed by atoms with E-state index in [1.54, 1.807) is 18.2 Å². The molecule has 0 fully saturated rings. The number of halogens is 1. The molecule has 0 aliphatic heterocycles. The van der Waals surface area contributed by atoms with Gasteiger partial charge in [-0.15, -0.1) is 6.42 Å².